The Bertz CT molecular complexity index is 429. The van der Waals surface area contributed by atoms with Crippen LogP contribution in [0, 0.1) is 13.8 Å². The van der Waals surface area contributed by atoms with Gasteiger partial charge in [0.05, 0.1) is 9.88 Å². The van der Waals surface area contributed by atoms with E-state index in [1.165, 1.54) is 11.3 Å². The van der Waals surface area contributed by atoms with Crippen molar-refractivity contribution in [2.45, 2.75) is 13.8 Å². The van der Waals surface area contributed by atoms with Gasteiger partial charge < -0.3 is 5.73 Å². The van der Waals surface area contributed by atoms with E-state index in [9.17, 15) is 0 Å². The molecule has 0 unspecified atom stereocenters. The summed E-state index contributed by atoms with van der Waals surface area (Å²) in [5.74, 6) is 1.55. The average Bonchev–Trinajstić information content (AvgIpc) is 2.58. The first kappa shape index (κ1) is 8.25. The third kappa shape index (κ3) is 1.42. The van der Waals surface area contributed by atoms with E-state index in [1.54, 1.807) is 0 Å². The molecule has 2 heterocycles. The van der Waals surface area contributed by atoms with E-state index in [0.29, 0.717) is 0 Å². The fraction of sp³-hybridized carbons (Fsp3) is 0.250. The minimum absolute atomic E-state index is 0.733. The molecule has 2 aromatic rings. The Labute approximate surface area is 79.8 Å². The molecule has 13 heavy (non-hydrogen) atoms. The summed E-state index contributed by atoms with van der Waals surface area (Å²) in [7, 11) is 0. The van der Waals surface area contributed by atoms with Crippen molar-refractivity contribution in [2.75, 3.05) is 5.73 Å². The van der Waals surface area contributed by atoms with Crippen LogP contribution in [-0.2, 0) is 0 Å². The van der Waals surface area contributed by atoms with Gasteiger partial charge in [-0.15, -0.1) is 11.3 Å². The zero-order chi connectivity index (χ0) is 9.42. The summed E-state index contributed by atoms with van der Waals surface area (Å²) in [6, 6.07) is 1.94. The number of nitrogens with two attached hydrogens (primary N) is 1. The summed E-state index contributed by atoms with van der Waals surface area (Å²) >= 11 is 1.51. The number of rotatable bonds is 1. The molecule has 0 saturated carbocycles. The average molecular weight is 194 g/mol. The molecule has 2 aromatic heterocycles. The van der Waals surface area contributed by atoms with Gasteiger partial charge in [0, 0.05) is 0 Å². The Morgan fingerprint density at radius 1 is 1.46 bits per heavy atom. The molecule has 0 spiro atoms. The number of nitrogens with one attached hydrogen (secondary N) is 1. The molecular weight excluding hydrogens is 184 g/mol. The van der Waals surface area contributed by atoms with Crippen molar-refractivity contribution >= 4 is 16.3 Å². The Hall–Kier alpha value is -1.36. The van der Waals surface area contributed by atoms with Gasteiger partial charge in [-0.25, -0.2) is 4.98 Å². The summed E-state index contributed by atoms with van der Waals surface area (Å²) in [5, 5.41) is 7.69. The van der Waals surface area contributed by atoms with Crippen LogP contribution in [0.3, 0.4) is 0 Å². The number of hydrogen-bond acceptors (Lipinski definition) is 4. The van der Waals surface area contributed by atoms with Crippen LogP contribution in [-0.4, -0.2) is 15.2 Å². The van der Waals surface area contributed by atoms with Crippen LogP contribution in [0.4, 0.5) is 5.00 Å². The van der Waals surface area contributed by atoms with Gasteiger partial charge >= 0.3 is 0 Å². The van der Waals surface area contributed by atoms with E-state index in [4.69, 9.17) is 5.73 Å². The third-order valence-electron chi connectivity index (χ3n) is 1.74. The maximum absolute atomic E-state index is 5.68. The minimum atomic E-state index is 0.733. The molecule has 0 fully saturated rings. The lowest BCUT2D eigenvalue weighted by atomic mass is 10.3. The second kappa shape index (κ2) is 2.85. The molecule has 68 valence electrons. The van der Waals surface area contributed by atoms with Gasteiger partial charge in [0.15, 0.2) is 5.82 Å². The molecule has 0 aliphatic heterocycles. The summed E-state index contributed by atoms with van der Waals surface area (Å²) in [6.45, 7) is 3.89. The first-order chi connectivity index (χ1) is 6.16. The van der Waals surface area contributed by atoms with Gasteiger partial charge in [-0.3, -0.25) is 5.10 Å². The quantitative estimate of drug-likeness (QED) is 0.726. The van der Waals surface area contributed by atoms with Gasteiger partial charge in [-0.05, 0) is 25.5 Å². The topological polar surface area (TPSA) is 67.6 Å². The molecule has 0 aliphatic carbocycles. The highest BCUT2D eigenvalue weighted by Crippen LogP contribution is 2.31. The summed E-state index contributed by atoms with van der Waals surface area (Å²) < 4.78 is 0. The lowest BCUT2D eigenvalue weighted by Gasteiger charge is -1.88. The Kier molecular flexibility index (Phi) is 1.81. The molecule has 2 rings (SSSR count). The lowest BCUT2D eigenvalue weighted by Crippen LogP contribution is -1.78. The van der Waals surface area contributed by atoms with E-state index in [-0.39, 0.29) is 0 Å². The highest BCUT2D eigenvalue weighted by Gasteiger charge is 2.09. The molecule has 0 amide bonds. The van der Waals surface area contributed by atoms with Crippen LogP contribution in [0.25, 0.3) is 10.7 Å². The van der Waals surface area contributed by atoms with Gasteiger partial charge in [-0.1, -0.05) is 0 Å². The Morgan fingerprint density at radius 2 is 2.23 bits per heavy atom. The summed E-state index contributed by atoms with van der Waals surface area (Å²) in [5.41, 5.74) is 6.80. The first-order valence-electron chi connectivity index (χ1n) is 3.92. The maximum Gasteiger partial charge on any atom is 0.191 e. The lowest BCUT2D eigenvalue weighted by molar-refractivity contribution is 1.04. The van der Waals surface area contributed by atoms with Gasteiger partial charge in [0.25, 0.3) is 0 Å². The van der Waals surface area contributed by atoms with Crippen LogP contribution >= 0.6 is 11.3 Å². The van der Waals surface area contributed by atoms with Crippen LogP contribution in [0.15, 0.2) is 6.07 Å². The molecule has 0 saturated heterocycles. The third-order valence-corrected chi connectivity index (χ3v) is 2.80. The van der Waals surface area contributed by atoms with Gasteiger partial charge in [0.2, 0.25) is 0 Å². The summed E-state index contributed by atoms with van der Waals surface area (Å²) in [6.07, 6.45) is 0. The molecule has 0 bridgehead atoms. The van der Waals surface area contributed by atoms with Crippen molar-refractivity contribution in [2.24, 2.45) is 0 Å². The van der Waals surface area contributed by atoms with Crippen molar-refractivity contribution in [3.63, 3.8) is 0 Å². The highest BCUT2D eigenvalue weighted by molar-refractivity contribution is 7.19. The number of nitrogens with zero attached hydrogens (tertiary/aromatic N) is 2. The number of H-pyrrole nitrogens is 1. The zero-order valence-corrected chi connectivity index (χ0v) is 8.27. The SMILES string of the molecule is Cc1nc(-c2sc(N)cc2C)n[nH]1. The van der Waals surface area contributed by atoms with E-state index >= 15 is 0 Å². The molecule has 3 N–H and O–H groups in total. The molecule has 4 nitrogen and oxygen atoms in total. The standard InChI is InChI=1S/C8H10N4S/c1-4-3-6(9)13-7(4)8-10-5(2)11-12-8/h3H,9H2,1-2H3,(H,10,11,12). The van der Waals surface area contributed by atoms with E-state index in [0.717, 1.165) is 27.1 Å². The largest absolute Gasteiger partial charge is 0.391 e. The minimum Gasteiger partial charge on any atom is -0.391 e. The van der Waals surface area contributed by atoms with Crippen molar-refractivity contribution in [3.8, 4) is 10.7 Å². The normalized spacial score (nSPS) is 10.6. The van der Waals surface area contributed by atoms with Crippen LogP contribution in [0.2, 0.25) is 0 Å². The maximum atomic E-state index is 5.68. The predicted octanol–water partition coefficient (Wildman–Crippen LogP) is 1.73. The summed E-state index contributed by atoms with van der Waals surface area (Å²) in [4.78, 5) is 5.29. The van der Waals surface area contributed by atoms with Crippen LogP contribution in [0.1, 0.15) is 11.4 Å². The second-order valence-corrected chi connectivity index (χ2v) is 3.99. The Morgan fingerprint density at radius 3 is 2.69 bits per heavy atom. The second-order valence-electron chi connectivity index (χ2n) is 2.91. The van der Waals surface area contributed by atoms with E-state index in [1.807, 2.05) is 19.9 Å². The number of aryl methyl sites for hydroxylation is 2. The van der Waals surface area contributed by atoms with Crippen molar-refractivity contribution in [1.29, 1.82) is 0 Å². The number of hydrogen-bond donors (Lipinski definition) is 2. The monoisotopic (exact) mass is 194 g/mol. The smallest absolute Gasteiger partial charge is 0.191 e. The van der Waals surface area contributed by atoms with E-state index < -0.39 is 0 Å². The number of nitrogen functional groups attached to an aromatic ring is 1. The number of aromatic nitrogens is 3. The molecule has 0 aromatic carbocycles. The molecular formula is C8H10N4S. The Balaban J connectivity index is 2.51. The fourth-order valence-electron chi connectivity index (χ4n) is 1.17. The van der Waals surface area contributed by atoms with Gasteiger partial charge in [0.1, 0.15) is 5.82 Å². The van der Waals surface area contributed by atoms with E-state index in [2.05, 4.69) is 15.2 Å². The van der Waals surface area contributed by atoms with Crippen molar-refractivity contribution < 1.29 is 0 Å². The number of thiophene rings is 1. The zero-order valence-electron chi connectivity index (χ0n) is 7.46. The first-order valence-corrected chi connectivity index (χ1v) is 4.74. The van der Waals surface area contributed by atoms with Crippen molar-refractivity contribution in [1.82, 2.24) is 15.2 Å². The van der Waals surface area contributed by atoms with Crippen LogP contribution < -0.4 is 5.73 Å². The van der Waals surface area contributed by atoms with Gasteiger partial charge in [-0.2, -0.15) is 5.10 Å². The molecule has 0 atom stereocenters. The van der Waals surface area contributed by atoms with Crippen molar-refractivity contribution in [3.05, 3.63) is 17.5 Å². The molecule has 0 aliphatic rings. The van der Waals surface area contributed by atoms with Crippen LogP contribution in [0.5, 0.6) is 0 Å². The predicted molar refractivity (Wildman–Crippen MR) is 53.6 cm³/mol. The number of anilines is 1. The number of aromatic amines is 1. The fourth-order valence-corrected chi connectivity index (χ4v) is 2.05. The molecule has 5 heteroatoms. The highest BCUT2D eigenvalue weighted by atomic mass is 32.1. The molecule has 0 radical (unpaired) electrons.